The third kappa shape index (κ3) is 3.94. The monoisotopic (exact) mass is 406 g/mol. The molecule has 0 aliphatic carbocycles. The fourth-order valence-corrected chi connectivity index (χ4v) is 3.65. The summed E-state index contributed by atoms with van der Waals surface area (Å²) in [6.07, 6.45) is 3.25. The highest BCUT2D eigenvalue weighted by Gasteiger charge is 2.35. The molecule has 0 bridgehead atoms. The summed E-state index contributed by atoms with van der Waals surface area (Å²) in [4.78, 5) is 36.7. The fourth-order valence-electron chi connectivity index (χ4n) is 2.82. The molecule has 2 amide bonds. The number of non-ortho nitro benzene ring substituents is 1. The van der Waals surface area contributed by atoms with Crippen LogP contribution in [0, 0.1) is 10.1 Å². The molecule has 0 atom stereocenters. The van der Waals surface area contributed by atoms with Crippen molar-refractivity contribution in [2.24, 2.45) is 0 Å². The highest BCUT2D eigenvalue weighted by molar-refractivity contribution is 8.18. The van der Waals surface area contributed by atoms with Crippen LogP contribution in [-0.2, 0) is 11.3 Å². The molecule has 144 valence electrons. The second kappa shape index (κ2) is 7.72. The van der Waals surface area contributed by atoms with Crippen LogP contribution in [0.3, 0.4) is 0 Å². The third-order valence-corrected chi connectivity index (χ3v) is 5.18. The van der Waals surface area contributed by atoms with Crippen LogP contribution in [0.4, 0.5) is 10.5 Å². The summed E-state index contributed by atoms with van der Waals surface area (Å²) >= 11 is 0.880. The molecule has 3 aromatic rings. The highest BCUT2D eigenvalue weighted by Crippen LogP contribution is 2.33. The van der Waals surface area contributed by atoms with Gasteiger partial charge in [0.25, 0.3) is 16.8 Å². The zero-order valence-electron chi connectivity index (χ0n) is 15.0. The summed E-state index contributed by atoms with van der Waals surface area (Å²) in [6.45, 7) is 0.222. The van der Waals surface area contributed by atoms with E-state index in [1.807, 2.05) is 30.3 Å². The molecule has 1 aliphatic heterocycles. The maximum Gasteiger partial charge on any atom is 0.293 e. The van der Waals surface area contributed by atoms with Crippen LogP contribution in [0.5, 0.6) is 0 Å². The van der Waals surface area contributed by atoms with Crippen LogP contribution >= 0.6 is 11.8 Å². The van der Waals surface area contributed by atoms with Crippen molar-refractivity contribution in [2.75, 3.05) is 0 Å². The molecule has 2 heterocycles. The Hall–Kier alpha value is -3.72. The number of benzene rings is 2. The van der Waals surface area contributed by atoms with Gasteiger partial charge in [0.15, 0.2) is 0 Å². The molecule has 4 rings (SSSR count). The van der Waals surface area contributed by atoms with E-state index in [9.17, 15) is 19.7 Å². The summed E-state index contributed by atoms with van der Waals surface area (Å²) in [5, 5.41) is 14.8. The van der Waals surface area contributed by atoms with Gasteiger partial charge >= 0.3 is 0 Å². The smallest absolute Gasteiger partial charge is 0.268 e. The number of carbonyl (C=O) groups is 2. The molecule has 0 unspecified atom stereocenters. The predicted molar refractivity (Wildman–Crippen MR) is 108 cm³/mol. The standard InChI is InChI=1S/C20H14N4O4S/c25-19-18(29-20(26)22(19)13-14-4-2-1-3-5-14)12-15-10-11-23(21-15)16-6-8-17(9-7-16)24(27)28/h1-12H,13H2/b18-12-. The van der Waals surface area contributed by atoms with Gasteiger partial charge in [-0.25, -0.2) is 4.68 Å². The first-order valence-corrected chi connectivity index (χ1v) is 9.43. The van der Waals surface area contributed by atoms with Crippen molar-refractivity contribution in [3.8, 4) is 5.69 Å². The molecule has 1 saturated heterocycles. The van der Waals surface area contributed by atoms with Gasteiger partial charge in [0, 0.05) is 18.3 Å². The Morgan fingerprint density at radius 1 is 1.03 bits per heavy atom. The molecule has 1 aromatic heterocycles. The SMILES string of the molecule is O=C1S/C(=C\c2ccn(-c3ccc([N+](=O)[O-])cc3)n2)C(=O)N1Cc1ccccc1. The third-order valence-electron chi connectivity index (χ3n) is 4.27. The highest BCUT2D eigenvalue weighted by atomic mass is 32.2. The van der Waals surface area contributed by atoms with Gasteiger partial charge in [-0.15, -0.1) is 0 Å². The van der Waals surface area contributed by atoms with E-state index < -0.39 is 4.92 Å². The van der Waals surface area contributed by atoms with E-state index in [0.717, 1.165) is 17.3 Å². The molecule has 29 heavy (non-hydrogen) atoms. The zero-order valence-corrected chi connectivity index (χ0v) is 15.8. The van der Waals surface area contributed by atoms with Crippen LogP contribution in [0.25, 0.3) is 11.8 Å². The maximum atomic E-state index is 12.6. The summed E-state index contributed by atoms with van der Waals surface area (Å²) < 4.78 is 1.55. The van der Waals surface area contributed by atoms with Crippen LogP contribution in [0.15, 0.2) is 71.8 Å². The Morgan fingerprint density at radius 3 is 2.45 bits per heavy atom. The van der Waals surface area contributed by atoms with Crippen LogP contribution < -0.4 is 0 Å². The lowest BCUT2D eigenvalue weighted by Gasteiger charge is -2.11. The van der Waals surface area contributed by atoms with Gasteiger partial charge in [0.2, 0.25) is 0 Å². The largest absolute Gasteiger partial charge is 0.293 e. The topological polar surface area (TPSA) is 98.3 Å². The fraction of sp³-hybridized carbons (Fsp3) is 0.0500. The molecule has 0 spiro atoms. The lowest BCUT2D eigenvalue weighted by atomic mass is 10.2. The molecule has 0 radical (unpaired) electrons. The lowest BCUT2D eigenvalue weighted by Crippen LogP contribution is -2.27. The first kappa shape index (κ1) is 18.6. The Bertz CT molecular complexity index is 1120. The van der Waals surface area contributed by atoms with Crippen LogP contribution in [-0.4, -0.2) is 30.8 Å². The molecule has 1 aliphatic rings. The molecular formula is C20H14N4O4S. The van der Waals surface area contributed by atoms with E-state index in [1.165, 1.54) is 17.0 Å². The number of thioether (sulfide) groups is 1. The molecule has 0 N–H and O–H groups in total. The molecular weight excluding hydrogens is 392 g/mol. The Balaban J connectivity index is 1.52. The summed E-state index contributed by atoms with van der Waals surface area (Å²) in [6, 6.07) is 17.0. The number of amides is 2. The van der Waals surface area contributed by atoms with Gasteiger partial charge in [0.05, 0.1) is 27.8 Å². The van der Waals surface area contributed by atoms with Crippen LogP contribution in [0.1, 0.15) is 11.3 Å². The summed E-state index contributed by atoms with van der Waals surface area (Å²) in [7, 11) is 0. The Labute approximate surface area is 169 Å². The van der Waals surface area contributed by atoms with Crippen molar-refractivity contribution in [1.29, 1.82) is 0 Å². The Kier molecular flexibility index (Phi) is 4.96. The second-order valence-electron chi connectivity index (χ2n) is 6.21. The van der Waals surface area contributed by atoms with E-state index in [1.54, 1.807) is 35.2 Å². The molecule has 8 nitrogen and oxygen atoms in total. The second-order valence-corrected chi connectivity index (χ2v) is 7.21. The van der Waals surface area contributed by atoms with E-state index in [2.05, 4.69) is 5.10 Å². The van der Waals surface area contributed by atoms with E-state index in [0.29, 0.717) is 16.3 Å². The van der Waals surface area contributed by atoms with Gasteiger partial charge < -0.3 is 0 Å². The van der Waals surface area contributed by atoms with Gasteiger partial charge in [-0.2, -0.15) is 5.10 Å². The first-order chi connectivity index (χ1) is 14.0. The predicted octanol–water partition coefficient (Wildman–Crippen LogP) is 4.02. The average molecular weight is 406 g/mol. The Morgan fingerprint density at radius 2 is 1.76 bits per heavy atom. The maximum absolute atomic E-state index is 12.6. The molecule has 9 heteroatoms. The van der Waals surface area contributed by atoms with Crippen molar-refractivity contribution in [3.63, 3.8) is 0 Å². The number of hydrogen-bond acceptors (Lipinski definition) is 6. The lowest BCUT2D eigenvalue weighted by molar-refractivity contribution is -0.384. The average Bonchev–Trinajstić information content (AvgIpc) is 3.29. The minimum atomic E-state index is -0.468. The summed E-state index contributed by atoms with van der Waals surface area (Å²) in [5.41, 5.74) is 2.02. The number of aromatic nitrogens is 2. The minimum absolute atomic E-state index is 0.00628. The van der Waals surface area contributed by atoms with Gasteiger partial charge in [-0.3, -0.25) is 24.6 Å². The summed E-state index contributed by atoms with van der Waals surface area (Å²) in [5.74, 6) is -0.353. The van der Waals surface area contributed by atoms with Gasteiger partial charge in [0.1, 0.15) is 0 Å². The molecule has 2 aromatic carbocycles. The first-order valence-electron chi connectivity index (χ1n) is 8.61. The van der Waals surface area contributed by atoms with Crippen molar-refractivity contribution in [1.82, 2.24) is 14.7 Å². The van der Waals surface area contributed by atoms with Crippen LogP contribution in [0.2, 0.25) is 0 Å². The van der Waals surface area contributed by atoms with Gasteiger partial charge in [-0.1, -0.05) is 30.3 Å². The number of nitro groups is 1. The van der Waals surface area contributed by atoms with Crippen molar-refractivity contribution in [2.45, 2.75) is 6.54 Å². The number of nitro benzene ring substituents is 1. The van der Waals surface area contributed by atoms with Crippen molar-refractivity contribution in [3.05, 3.63) is 93.1 Å². The van der Waals surface area contributed by atoms with Crippen molar-refractivity contribution < 1.29 is 14.5 Å². The number of imide groups is 1. The normalized spacial score (nSPS) is 15.3. The van der Waals surface area contributed by atoms with E-state index >= 15 is 0 Å². The zero-order chi connectivity index (χ0) is 20.4. The number of nitrogens with zero attached hydrogens (tertiary/aromatic N) is 4. The van der Waals surface area contributed by atoms with Gasteiger partial charge in [-0.05, 0) is 41.6 Å². The van der Waals surface area contributed by atoms with E-state index in [4.69, 9.17) is 0 Å². The van der Waals surface area contributed by atoms with E-state index in [-0.39, 0.29) is 23.4 Å². The number of hydrogen-bond donors (Lipinski definition) is 0. The van der Waals surface area contributed by atoms with Crippen molar-refractivity contribution >= 4 is 34.7 Å². The number of rotatable bonds is 5. The quantitative estimate of drug-likeness (QED) is 0.361. The molecule has 1 fully saturated rings. The molecule has 0 saturated carbocycles. The number of carbonyl (C=O) groups excluding carboxylic acids is 2. The minimum Gasteiger partial charge on any atom is -0.268 e.